The number of ether oxygens (including phenoxy) is 1. The second-order valence-electron chi connectivity index (χ2n) is 8.43. The van der Waals surface area contributed by atoms with Crippen molar-refractivity contribution in [2.24, 2.45) is 7.05 Å². The molecule has 0 bridgehead atoms. The predicted molar refractivity (Wildman–Crippen MR) is 134 cm³/mol. The summed E-state index contributed by atoms with van der Waals surface area (Å²) in [4.78, 5) is 22.2. The molecule has 2 aromatic carbocycles. The molecule has 0 atom stereocenters. The number of anilines is 1. The number of benzene rings is 2. The van der Waals surface area contributed by atoms with Crippen LogP contribution in [0.2, 0.25) is 0 Å². The van der Waals surface area contributed by atoms with Gasteiger partial charge in [0.2, 0.25) is 0 Å². The summed E-state index contributed by atoms with van der Waals surface area (Å²) in [5.74, 6) is 0.221. The minimum atomic E-state index is -0.279. The number of fused-ring (bicyclic) bond motifs is 1. The predicted octanol–water partition coefficient (Wildman–Crippen LogP) is 4.74. The highest BCUT2D eigenvalue weighted by Gasteiger charge is 2.20. The number of carbonyl (C=O) groups is 1. The molecular weight excluding hydrogens is 442 g/mol. The normalized spacial score (nSPS) is 11.2. The lowest BCUT2D eigenvalue weighted by Gasteiger charge is -2.14. The van der Waals surface area contributed by atoms with E-state index in [4.69, 9.17) is 4.74 Å². The van der Waals surface area contributed by atoms with Gasteiger partial charge in [-0.15, -0.1) is 0 Å². The maximum Gasteiger partial charge on any atom is 0.274 e. The molecule has 5 aromatic rings. The van der Waals surface area contributed by atoms with E-state index in [-0.39, 0.29) is 11.9 Å². The van der Waals surface area contributed by atoms with Crippen LogP contribution >= 0.6 is 0 Å². The lowest BCUT2D eigenvalue weighted by atomic mass is 10.0. The van der Waals surface area contributed by atoms with Gasteiger partial charge in [0.25, 0.3) is 5.91 Å². The van der Waals surface area contributed by atoms with Crippen molar-refractivity contribution in [1.29, 1.82) is 0 Å². The van der Waals surface area contributed by atoms with Crippen molar-refractivity contribution >= 4 is 22.5 Å². The van der Waals surface area contributed by atoms with E-state index in [0.29, 0.717) is 28.3 Å². The summed E-state index contributed by atoms with van der Waals surface area (Å²) in [7, 11) is 3.44. The van der Waals surface area contributed by atoms with Crippen LogP contribution in [0.5, 0.6) is 5.75 Å². The highest BCUT2D eigenvalue weighted by Crippen LogP contribution is 2.37. The first-order valence-corrected chi connectivity index (χ1v) is 11.2. The quantitative estimate of drug-likeness (QED) is 0.387. The maximum absolute atomic E-state index is 13.1. The van der Waals surface area contributed by atoms with Gasteiger partial charge in [0, 0.05) is 48.1 Å². The molecule has 0 saturated heterocycles. The zero-order valence-electron chi connectivity index (χ0n) is 19.9. The van der Waals surface area contributed by atoms with Crippen molar-refractivity contribution < 1.29 is 9.53 Å². The van der Waals surface area contributed by atoms with Crippen LogP contribution in [-0.2, 0) is 7.05 Å². The molecule has 0 aliphatic rings. The van der Waals surface area contributed by atoms with Gasteiger partial charge in [-0.1, -0.05) is 30.3 Å². The number of methoxy groups -OCH3 is 1. The Labute approximate surface area is 202 Å². The molecule has 0 unspecified atom stereocenters. The van der Waals surface area contributed by atoms with Crippen LogP contribution in [0.1, 0.15) is 30.4 Å². The van der Waals surface area contributed by atoms with Crippen LogP contribution in [0.15, 0.2) is 67.3 Å². The van der Waals surface area contributed by atoms with Crippen LogP contribution < -0.4 is 10.1 Å². The SMILES string of the molecule is COc1cc2ncnc(-c3cn(C)nc3-c3ccccc3)c2cc1NC(=O)c1ccnn1C(C)C. The van der Waals surface area contributed by atoms with E-state index < -0.39 is 0 Å². The van der Waals surface area contributed by atoms with Crippen LogP contribution in [0.25, 0.3) is 33.4 Å². The first kappa shape index (κ1) is 22.3. The summed E-state index contributed by atoms with van der Waals surface area (Å²) in [5, 5.41) is 12.7. The number of nitrogens with one attached hydrogen (secondary N) is 1. The fourth-order valence-electron chi connectivity index (χ4n) is 4.13. The first-order chi connectivity index (χ1) is 17.0. The fraction of sp³-hybridized carbons (Fsp3) is 0.192. The van der Waals surface area contributed by atoms with Gasteiger partial charge >= 0.3 is 0 Å². The van der Waals surface area contributed by atoms with Gasteiger partial charge < -0.3 is 10.1 Å². The Kier molecular flexibility index (Phi) is 5.74. The number of aromatic nitrogens is 6. The van der Waals surface area contributed by atoms with Gasteiger partial charge in [-0.3, -0.25) is 14.2 Å². The Morgan fingerprint density at radius 2 is 1.86 bits per heavy atom. The molecule has 35 heavy (non-hydrogen) atoms. The van der Waals surface area contributed by atoms with E-state index in [0.717, 1.165) is 22.2 Å². The third-order valence-electron chi connectivity index (χ3n) is 5.73. The van der Waals surface area contributed by atoms with E-state index in [2.05, 4.69) is 25.5 Å². The highest BCUT2D eigenvalue weighted by molar-refractivity contribution is 6.06. The fourth-order valence-corrected chi connectivity index (χ4v) is 4.13. The van der Waals surface area contributed by atoms with Crippen molar-refractivity contribution in [3.05, 3.63) is 72.9 Å². The molecule has 1 N–H and O–H groups in total. The minimum absolute atomic E-state index is 0.0474. The molecule has 1 amide bonds. The summed E-state index contributed by atoms with van der Waals surface area (Å²) in [6, 6.07) is 15.3. The second kappa shape index (κ2) is 9.02. The van der Waals surface area contributed by atoms with E-state index in [9.17, 15) is 4.79 Å². The zero-order chi connectivity index (χ0) is 24.5. The summed E-state index contributed by atoms with van der Waals surface area (Å²) >= 11 is 0. The Morgan fingerprint density at radius 1 is 1.06 bits per heavy atom. The van der Waals surface area contributed by atoms with Crippen molar-refractivity contribution in [2.45, 2.75) is 19.9 Å². The molecule has 3 aromatic heterocycles. The number of aryl methyl sites for hydroxylation is 1. The van der Waals surface area contributed by atoms with Gasteiger partial charge in [-0.2, -0.15) is 10.2 Å². The zero-order valence-corrected chi connectivity index (χ0v) is 19.9. The topological polar surface area (TPSA) is 99.8 Å². The lowest BCUT2D eigenvalue weighted by molar-refractivity contribution is 0.101. The van der Waals surface area contributed by atoms with Crippen molar-refractivity contribution in [3.63, 3.8) is 0 Å². The van der Waals surface area contributed by atoms with Crippen LogP contribution in [-0.4, -0.2) is 42.5 Å². The Bertz CT molecular complexity index is 1520. The number of hydrogen-bond donors (Lipinski definition) is 1. The molecule has 5 rings (SSSR count). The van der Waals surface area contributed by atoms with Crippen LogP contribution in [0.3, 0.4) is 0 Å². The largest absolute Gasteiger partial charge is 0.494 e. The van der Waals surface area contributed by atoms with Crippen LogP contribution in [0.4, 0.5) is 5.69 Å². The molecule has 9 nitrogen and oxygen atoms in total. The smallest absolute Gasteiger partial charge is 0.274 e. The van der Waals surface area contributed by atoms with Crippen molar-refractivity contribution in [1.82, 2.24) is 29.5 Å². The molecule has 0 fully saturated rings. The standard InChI is InChI=1S/C26H25N7O2/c1-16(2)33-22(10-11-29-33)26(34)30-21-12-18-20(13-23(21)35-4)27-15-28-25(18)19-14-32(3)31-24(19)17-8-6-5-7-9-17/h5-16H,1-4H3,(H,30,34). The Morgan fingerprint density at radius 3 is 2.60 bits per heavy atom. The number of hydrogen-bond acceptors (Lipinski definition) is 6. The number of rotatable bonds is 6. The van der Waals surface area contributed by atoms with E-state index in [1.54, 1.807) is 34.8 Å². The average Bonchev–Trinajstić information content (AvgIpc) is 3.51. The molecular formula is C26H25N7O2. The van der Waals surface area contributed by atoms with Gasteiger partial charge in [0.15, 0.2) is 0 Å². The second-order valence-corrected chi connectivity index (χ2v) is 8.43. The molecule has 0 aliphatic heterocycles. The third kappa shape index (κ3) is 4.12. The Hall–Kier alpha value is -4.53. The van der Waals surface area contributed by atoms with Gasteiger partial charge in [-0.05, 0) is 26.0 Å². The molecule has 0 saturated carbocycles. The minimum Gasteiger partial charge on any atom is -0.494 e. The van der Waals surface area contributed by atoms with Crippen molar-refractivity contribution in [2.75, 3.05) is 12.4 Å². The number of amides is 1. The van der Waals surface area contributed by atoms with Gasteiger partial charge in [-0.25, -0.2) is 9.97 Å². The van der Waals surface area contributed by atoms with E-state index in [1.165, 1.54) is 6.33 Å². The van der Waals surface area contributed by atoms with Crippen molar-refractivity contribution in [3.8, 4) is 28.3 Å². The third-order valence-corrected chi connectivity index (χ3v) is 5.73. The molecule has 0 radical (unpaired) electrons. The average molecular weight is 468 g/mol. The highest BCUT2D eigenvalue weighted by atomic mass is 16.5. The van der Waals surface area contributed by atoms with E-state index in [1.807, 2.05) is 63.5 Å². The summed E-state index contributed by atoms with van der Waals surface area (Å²) in [6.07, 6.45) is 5.08. The van der Waals surface area contributed by atoms with Gasteiger partial charge in [0.1, 0.15) is 23.5 Å². The Balaban J connectivity index is 1.63. The number of carbonyl (C=O) groups excluding carboxylic acids is 1. The molecule has 9 heteroatoms. The van der Waals surface area contributed by atoms with E-state index >= 15 is 0 Å². The maximum atomic E-state index is 13.1. The lowest BCUT2D eigenvalue weighted by Crippen LogP contribution is -2.19. The molecule has 0 spiro atoms. The first-order valence-electron chi connectivity index (χ1n) is 11.2. The molecule has 3 heterocycles. The molecule has 0 aliphatic carbocycles. The summed E-state index contributed by atoms with van der Waals surface area (Å²) in [5.41, 5.74) is 5.06. The summed E-state index contributed by atoms with van der Waals surface area (Å²) < 4.78 is 9.03. The summed E-state index contributed by atoms with van der Waals surface area (Å²) in [6.45, 7) is 3.95. The number of nitrogens with zero attached hydrogens (tertiary/aromatic N) is 6. The van der Waals surface area contributed by atoms with Gasteiger partial charge in [0.05, 0.1) is 24.0 Å². The van der Waals surface area contributed by atoms with Crippen LogP contribution in [0, 0.1) is 0 Å². The molecule has 176 valence electrons. The monoisotopic (exact) mass is 467 g/mol.